The largest absolute Gasteiger partial charge is 0.252 e. The molecule has 0 aliphatic heterocycles. The van der Waals surface area contributed by atoms with Gasteiger partial charge in [0.1, 0.15) is 0 Å². The highest BCUT2D eigenvalue weighted by molar-refractivity contribution is 6.02. The average molecular weight is 476 g/mol. The maximum atomic E-state index is 5.16. The van der Waals surface area contributed by atoms with Crippen molar-refractivity contribution in [2.75, 3.05) is 0 Å². The third-order valence-corrected chi connectivity index (χ3v) is 7.56. The molecule has 3 heteroatoms. The normalized spacial score (nSPS) is 13.4. The quantitative estimate of drug-likeness (QED) is 0.258. The summed E-state index contributed by atoms with van der Waals surface area (Å²) in [6, 6.07) is 36.0. The summed E-state index contributed by atoms with van der Waals surface area (Å²) < 4.78 is 0. The van der Waals surface area contributed by atoms with E-state index in [0.29, 0.717) is 0 Å². The highest BCUT2D eigenvalue weighted by Gasteiger charge is 2.39. The van der Waals surface area contributed by atoms with E-state index in [1.54, 1.807) is 0 Å². The van der Waals surface area contributed by atoms with E-state index in [4.69, 9.17) is 9.97 Å². The van der Waals surface area contributed by atoms with Gasteiger partial charge in [-0.15, -0.1) is 0 Å². The van der Waals surface area contributed by atoms with E-state index >= 15 is 0 Å². The second-order valence-corrected chi connectivity index (χ2v) is 10.1. The van der Waals surface area contributed by atoms with Crippen molar-refractivity contribution in [3.8, 4) is 44.9 Å². The number of hydrogen-bond donors (Lipinski definition) is 0. The van der Waals surface area contributed by atoms with Gasteiger partial charge in [-0.2, -0.15) is 0 Å². The first-order chi connectivity index (χ1) is 18.1. The van der Waals surface area contributed by atoms with Crippen molar-refractivity contribution >= 4 is 10.9 Å². The molecule has 0 radical (unpaired) electrons. The van der Waals surface area contributed by atoms with Gasteiger partial charge in [-0.3, -0.25) is 9.97 Å². The Balaban J connectivity index is 1.35. The summed E-state index contributed by atoms with van der Waals surface area (Å²) in [6.07, 6.45) is 3.71. The Kier molecular flexibility index (Phi) is 4.80. The number of para-hydroxylation sites is 1. The zero-order chi connectivity index (χ0) is 25.0. The standard InChI is InChI=1S/C34H25N3/c1-34(2)27-14-8-6-12-25(27)33-32(34)31(26-13-7-9-15-28(26)37-33)24-18-16-23(17-19-24)30-21-35-29(20-36-30)22-10-4-3-5-11-22/h3-21H,1-2H3. The molecule has 1 aliphatic carbocycles. The summed E-state index contributed by atoms with van der Waals surface area (Å²) in [5.41, 5.74) is 12.2. The molecule has 1 aliphatic rings. The molecule has 7 rings (SSSR count). The number of pyridine rings is 1. The Hall–Kier alpha value is -4.63. The Morgan fingerprint density at radius 3 is 1.89 bits per heavy atom. The zero-order valence-electron chi connectivity index (χ0n) is 20.8. The van der Waals surface area contributed by atoms with Crippen molar-refractivity contribution in [2.24, 2.45) is 0 Å². The summed E-state index contributed by atoms with van der Waals surface area (Å²) in [7, 11) is 0. The molecule has 6 aromatic rings. The van der Waals surface area contributed by atoms with Gasteiger partial charge in [0.25, 0.3) is 0 Å². The highest BCUT2D eigenvalue weighted by Crippen LogP contribution is 2.53. The first kappa shape index (κ1) is 21.6. The molecule has 0 amide bonds. The van der Waals surface area contributed by atoms with Crippen LogP contribution in [0.25, 0.3) is 55.8 Å². The molecular weight excluding hydrogens is 450 g/mol. The first-order valence-electron chi connectivity index (χ1n) is 12.6. The number of benzene rings is 4. The van der Waals surface area contributed by atoms with Crippen molar-refractivity contribution in [1.29, 1.82) is 0 Å². The first-order valence-corrected chi connectivity index (χ1v) is 12.6. The monoisotopic (exact) mass is 475 g/mol. The van der Waals surface area contributed by atoms with Gasteiger partial charge in [-0.1, -0.05) is 111 Å². The van der Waals surface area contributed by atoms with Crippen molar-refractivity contribution in [2.45, 2.75) is 19.3 Å². The summed E-state index contributed by atoms with van der Waals surface area (Å²) in [5.74, 6) is 0. The van der Waals surface area contributed by atoms with Crippen LogP contribution in [0, 0.1) is 0 Å². The second-order valence-electron chi connectivity index (χ2n) is 10.1. The van der Waals surface area contributed by atoms with Crippen molar-refractivity contribution in [3.63, 3.8) is 0 Å². The highest BCUT2D eigenvalue weighted by atomic mass is 14.8. The van der Waals surface area contributed by atoms with E-state index in [0.717, 1.165) is 33.7 Å². The van der Waals surface area contributed by atoms with Gasteiger partial charge >= 0.3 is 0 Å². The van der Waals surface area contributed by atoms with E-state index in [-0.39, 0.29) is 5.41 Å². The van der Waals surface area contributed by atoms with Gasteiger partial charge < -0.3 is 0 Å². The van der Waals surface area contributed by atoms with Gasteiger partial charge in [0.05, 0.1) is 35.0 Å². The maximum absolute atomic E-state index is 5.16. The van der Waals surface area contributed by atoms with E-state index in [2.05, 4.69) is 104 Å². The van der Waals surface area contributed by atoms with E-state index in [1.165, 1.54) is 33.2 Å². The van der Waals surface area contributed by atoms with Crippen LogP contribution in [0.1, 0.15) is 25.0 Å². The predicted molar refractivity (Wildman–Crippen MR) is 151 cm³/mol. The Morgan fingerprint density at radius 1 is 0.568 bits per heavy atom. The molecule has 37 heavy (non-hydrogen) atoms. The number of hydrogen-bond acceptors (Lipinski definition) is 3. The lowest BCUT2D eigenvalue weighted by atomic mass is 9.78. The molecule has 2 heterocycles. The van der Waals surface area contributed by atoms with Crippen LogP contribution in [-0.2, 0) is 5.41 Å². The lowest BCUT2D eigenvalue weighted by molar-refractivity contribution is 0.662. The van der Waals surface area contributed by atoms with Crippen LogP contribution in [0.2, 0.25) is 0 Å². The van der Waals surface area contributed by atoms with Crippen LogP contribution in [-0.4, -0.2) is 15.0 Å². The number of nitrogens with zero attached hydrogens (tertiary/aromatic N) is 3. The van der Waals surface area contributed by atoms with Crippen LogP contribution >= 0.6 is 0 Å². The lowest BCUT2D eigenvalue weighted by Gasteiger charge is -2.25. The topological polar surface area (TPSA) is 38.7 Å². The predicted octanol–water partition coefficient (Wildman–Crippen LogP) is 8.33. The Bertz CT molecular complexity index is 1770. The van der Waals surface area contributed by atoms with Crippen molar-refractivity contribution in [3.05, 3.63) is 127 Å². The molecule has 176 valence electrons. The smallest absolute Gasteiger partial charge is 0.0885 e. The fourth-order valence-corrected chi connectivity index (χ4v) is 5.73. The SMILES string of the molecule is CC1(C)c2ccccc2-c2nc3ccccc3c(-c3ccc(-c4cnc(-c5ccccc5)cn4)cc3)c21. The lowest BCUT2D eigenvalue weighted by Crippen LogP contribution is -2.16. The van der Waals surface area contributed by atoms with E-state index in [1.807, 2.05) is 30.6 Å². The maximum Gasteiger partial charge on any atom is 0.0885 e. The molecule has 0 N–H and O–H groups in total. The summed E-state index contributed by atoms with van der Waals surface area (Å²) in [6.45, 7) is 4.63. The second kappa shape index (κ2) is 8.21. The number of fused-ring (bicyclic) bond motifs is 4. The Labute approximate surface area is 216 Å². The van der Waals surface area contributed by atoms with Crippen LogP contribution in [0.5, 0.6) is 0 Å². The molecule has 0 spiro atoms. The molecule has 0 saturated carbocycles. The minimum absolute atomic E-state index is 0.143. The van der Waals surface area contributed by atoms with Gasteiger partial charge in [-0.05, 0) is 28.3 Å². The van der Waals surface area contributed by atoms with Gasteiger partial charge in [-0.25, -0.2) is 4.98 Å². The fourth-order valence-electron chi connectivity index (χ4n) is 5.73. The molecule has 3 nitrogen and oxygen atoms in total. The van der Waals surface area contributed by atoms with Crippen LogP contribution in [0.4, 0.5) is 0 Å². The third-order valence-electron chi connectivity index (χ3n) is 7.56. The van der Waals surface area contributed by atoms with Gasteiger partial charge in [0.2, 0.25) is 0 Å². The van der Waals surface area contributed by atoms with Crippen LogP contribution in [0.15, 0.2) is 116 Å². The van der Waals surface area contributed by atoms with Crippen molar-refractivity contribution in [1.82, 2.24) is 15.0 Å². The molecule has 0 saturated heterocycles. The molecule has 0 unspecified atom stereocenters. The summed E-state index contributed by atoms with van der Waals surface area (Å²) >= 11 is 0. The number of aromatic nitrogens is 3. The zero-order valence-corrected chi connectivity index (χ0v) is 20.8. The van der Waals surface area contributed by atoms with Crippen molar-refractivity contribution < 1.29 is 0 Å². The van der Waals surface area contributed by atoms with E-state index < -0.39 is 0 Å². The third kappa shape index (κ3) is 3.39. The minimum atomic E-state index is -0.143. The molecule has 4 aromatic carbocycles. The molecule has 0 bridgehead atoms. The summed E-state index contributed by atoms with van der Waals surface area (Å²) in [5, 5.41) is 1.18. The minimum Gasteiger partial charge on any atom is -0.252 e. The van der Waals surface area contributed by atoms with Crippen LogP contribution in [0.3, 0.4) is 0 Å². The average Bonchev–Trinajstić information content (AvgIpc) is 3.19. The Morgan fingerprint density at radius 2 is 1.16 bits per heavy atom. The molecule has 0 atom stereocenters. The van der Waals surface area contributed by atoms with Gasteiger partial charge in [0, 0.05) is 27.5 Å². The summed E-state index contributed by atoms with van der Waals surface area (Å²) in [4.78, 5) is 14.5. The number of rotatable bonds is 3. The molecule has 0 fully saturated rings. The molecule has 2 aromatic heterocycles. The van der Waals surface area contributed by atoms with Crippen LogP contribution < -0.4 is 0 Å². The van der Waals surface area contributed by atoms with E-state index in [9.17, 15) is 0 Å². The fraction of sp³-hybridized carbons (Fsp3) is 0.0882. The molecular formula is C34H25N3. The van der Waals surface area contributed by atoms with Gasteiger partial charge in [0.15, 0.2) is 0 Å².